The molecule has 18 heavy (non-hydrogen) atoms. The highest BCUT2D eigenvalue weighted by Crippen LogP contribution is 2.34. The van der Waals surface area contributed by atoms with Crippen LogP contribution >= 0.6 is 11.3 Å². The summed E-state index contributed by atoms with van der Waals surface area (Å²) in [6.07, 6.45) is 0. The summed E-state index contributed by atoms with van der Waals surface area (Å²) in [5, 5.41) is 9.29. The summed E-state index contributed by atoms with van der Waals surface area (Å²) in [5.74, 6) is 0.304. The van der Waals surface area contributed by atoms with Gasteiger partial charge < -0.3 is 5.11 Å². The summed E-state index contributed by atoms with van der Waals surface area (Å²) in [5.41, 5.74) is 2.38. The average molecular weight is 252 g/mol. The van der Waals surface area contributed by atoms with Crippen LogP contribution in [0.4, 0.5) is 0 Å². The zero-order chi connectivity index (χ0) is 12.4. The van der Waals surface area contributed by atoms with Gasteiger partial charge in [-0.3, -0.25) is 0 Å². The molecule has 3 rings (SSSR count). The predicted octanol–water partition coefficient (Wildman–Crippen LogP) is 4.79. The van der Waals surface area contributed by atoms with Crippen LogP contribution in [0.1, 0.15) is 0 Å². The number of aromatic hydroxyl groups is 1. The lowest BCUT2D eigenvalue weighted by Gasteiger charge is -1.98. The van der Waals surface area contributed by atoms with E-state index in [1.807, 2.05) is 18.2 Å². The van der Waals surface area contributed by atoms with Gasteiger partial charge in [-0.2, -0.15) is 0 Å². The van der Waals surface area contributed by atoms with Crippen molar-refractivity contribution in [1.82, 2.24) is 0 Å². The first kappa shape index (κ1) is 11.1. The molecule has 1 heterocycles. The minimum atomic E-state index is 0.304. The SMILES string of the molecule is Oc1ccc(-c2ccc(-c3ccccc3)s2)cc1. The minimum Gasteiger partial charge on any atom is -0.508 e. The zero-order valence-electron chi connectivity index (χ0n) is 9.71. The van der Waals surface area contributed by atoms with E-state index < -0.39 is 0 Å². The van der Waals surface area contributed by atoms with Crippen LogP contribution < -0.4 is 0 Å². The number of phenolic OH excluding ortho intramolecular Hbond substituents is 1. The van der Waals surface area contributed by atoms with Crippen LogP contribution in [0.3, 0.4) is 0 Å². The highest BCUT2D eigenvalue weighted by atomic mass is 32.1. The molecule has 88 valence electrons. The van der Waals surface area contributed by atoms with Gasteiger partial charge in [-0.15, -0.1) is 11.3 Å². The van der Waals surface area contributed by atoms with E-state index in [-0.39, 0.29) is 0 Å². The Kier molecular flexibility index (Phi) is 2.87. The molecule has 2 heteroatoms. The molecule has 0 aliphatic rings. The summed E-state index contributed by atoms with van der Waals surface area (Å²) >= 11 is 1.76. The van der Waals surface area contributed by atoms with Gasteiger partial charge in [-0.1, -0.05) is 30.3 Å². The molecule has 3 aromatic rings. The molecule has 0 amide bonds. The van der Waals surface area contributed by atoms with Gasteiger partial charge in [0.05, 0.1) is 0 Å². The van der Waals surface area contributed by atoms with Crippen LogP contribution in [0.25, 0.3) is 20.9 Å². The third-order valence-corrected chi connectivity index (χ3v) is 4.00. The molecule has 0 unspecified atom stereocenters. The van der Waals surface area contributed by atoms with E-state index in [9.17, 15) is 5.11 Å². The molecule has 0 aliphatic carbocycles. The first-order chi connectivity index (χ1) is 8.83. The van der Waals surface area contributed by atoms with Crippen molar-refractivity contribution in [3.05, 3.63) is 66.7 Å². The largest absolute Gasteiger partial charge is 0.508 e. The Labute approximate surface area is 110 Å². The molecule has 0 saturated carbocycles. The fourth-order valence-electron chi connectivity index (χ4n) is 1.88. The minimum absolute atomic E-state index is 0.304. The fraction of sp³-hybridized carbons (Fsp3) is 0. The van der Waals surface area contributed by atoms with Crippen LogP contribution in [0, 0.1) is 0 Å². The fourth-order valence-corrected chi connectivity index (χ4v) is 2.89. The van der Waals surface area contributed by atoms with E-state index in [1.165, 1.54) is 15.3 Å². The Morgan fingerprint density at radius 3 is 1.78 bits per heavy atom. The molecule has 2 aromatic carbocycles. The molecule has 0 aliphatic heterocycles. The summed E-state index contributed by atoms with van der Waals surface area (Å²) in [7, 11) is 0. The molecular formula is C16H12OS. The highest BCUT2D eigenvalue weighted by molar-refractivity contribution is 7.18. The van der Waals surface area contributed by atoms with E-state index >= 15 is 0 Å². The van der Waals surface area contributed by atoms with Crippen LogP contribution in [0.5, 0.6) is 5.75 Å². The van der Waals surface area contributed by atoms with Crippen molar-refractivity contribution < 1.29 is 5.11 Å². The van der Waals surface area contributed by atoms with Gasteiger partial charge in [0.25, 0.3) is 0 Å². The third kappa shape index (κ3) is 2.15. The Balaban J connectivity index is 1.97. The molecule has 1 nitrogen and oxygen atoms in total. The van der Waals surface area contributed by atoms with Crippen LogP contribution in [0.2, 0.25) is 0 Å². The topological polar surface area (TPSA) is 20.2 Å². The third-order valence-electron chi connectivity index (χ3n) is 2.82. The first-order valence-electron chi connectivity index (χ1n) is 5.77. The first-order valence-corrected chi connectivity index (χ1v) is 6.59. The zero-order valence-corrected chi connectivity index (χ0v) is 10.5. The summed E-state index contributed by atoms with van der Waals surface area (Å²) in [6, 6.07) is 21.9. The Bertz CT molecular complexity index is 638. The number of thiophene rings is 1. The number of hydrogen-bond acceptors (Lipinski definition) is 2. The van der Waals surface area contributed by atoms with E-state index in [1.54, 1.807) is 23.5 Å². The quantitative estimate of drug-likeness (QED) is 0.695. The monoisotopic (exact) mass is 252 g/mol. The number of rotatable bonds is 2. The van der Waals surface area contributed by atoms with Gasteiger partial charge in [-0.05, 0) is 47.5 Å². The van der Waals surface area contributed by atoms with Gasteiger partial charge in [0.2, 0.25) is 0 Å². The van der Waals surface area contributed by atoms with Gasteiger partial charge >= 0.3 is 0 Å². The van der Waals surface area contributed by atoms with Crippen molar-refractivity contribution in [3.63, 3.8) is 0 Å². The number of phenols is 1. The number of hydrogen-bond donors (Lipinski definition) is 1. The normalized spacial score (nSPS) is 10.4. The van der Waals surface area contributed by atoms with Crippen molar-refractivity contribution in [3.8, 4) is 26.6 Å². The van der Waals surface area contributed by atoms with Gasteiger partial charge in [0, 0.05) is 9.75 Å². The van der Waals surface area contributed by atoms with Gasteiger partial charge in [0.15, 0.2) is 0 Å². The molecule has 0 saturated heterocycles. The second kappa shape index (κ2) is 4.67. The molecule has 0 fully saturated rings. The van der Waals surface area contributed by atoms with E-state index in [0.29, 0.717) is 5.75 Å². The summed E-state index contributed by atoms with van der Waals surface area (Å²) in [6.45, 7) is 0. The van der Waals surface area contributed by atoms with E-state index in [4.69, 9.17) is 0 Å². The lowest BCUT2D eigenvalue weighted by atomic mass is 10.1. The number of benzene rings is 2. The standard InChI is InChI=1S/C16H12OS/c17-14-8-6-13(7-9-14)16-11-10-15(18-16)12-4-2-1-3-5-12/h1-11,17H. The van der Waals surface area contributed by atoms with Crippen molar-refractivity contribution in [2.24, 2.45) is 0 Å². The molecular weight excluding hydrogens is 240 g/mol. The van der Waals surface area contributed by atoms with Crippen molar-refractivity contribution >= 4 is 11.3 Å². The smallest absolute Gasteiger partial charge is 0.115 e. The second-order valence-corrected chi connectivity index (χ2v) is 5.16. The van der Waals surface area contributed by atoms with Crippen molar-refractivity contribution in [2.75, 3.05) is 0 Å². The maximum atomic E-state index is 9.29. The van der Waals surface area contributed by atoms with E-state index in [0.717, 1.165) is 5.56 Å². The molecule has 0 bridgehead atoms. The highest BCUT2D eigenvalue weighted by Gasteiger charge is 2.04. The van der Waals surface area contributed by atoms with Crippen molar-refractivity contribution in [2.45, 2.75) is 0 Å². The van der Waals surface area contributed by atoms with Crippen molar-refractivity contribution in [1.29, 1.82) is 0 Å². The lowest BCUT2D eigenvalue weighted by molar-refractivity contribution is 0.475. The molecule has 0 atom stereocenters. The molecule has 1 aromatic heterocycles. The van der Waals surface area contributed by atoms with E-state index in [2.05, 4.69) is 36.4 Å². The van der Waals surface area contributed by atoms with Crippen LogP contribution in [-0.4, -0.2) is 5.11 Å². The second-order valence-electron chi connectivity index (χ2n) is 4.08. The van der Waals surface area contributed by atoms with Crippen LogP contribution in [-0.2, 0) is 0 Å². The summed E-state index contributed by atoms with van der Waals surface area (Å²) < 4.78 is 0. The summed E-state index contributed by atoms with van der Waals surface area (Å²) in [4.78, 5) is 2.48. The molecule has 1 N–H and O–H groups in total. The van der Waals surface area contributed by atoms with Gasteiger partial charge in [-0.25, -0.2) is 0 Å². The van der Waals surface area contributed by atoms with Gasteiger partial charge in [0.1, 0.15) is 5.75 Å². The lowest BCUT2D eigenvalue weighted by Crippen LogP contribution is -1.70. The predicted molar refractivity (Wildman–Crippen MR) is 76.9 cm³/mol. The molecule has 0 spiro atoms. The maximum Gasteiger partial charge on any atom is 0.115 e. The maximum absolute atomic E-state index is 9.29. The Hall–Kier alpha value is -2.06. The Morgan fingerprint density at radius 2 is 1.17 bits per heavy atom. The average Bonchev–Trinajstić information content (AvgIpc) is 2.90. The van der Waals surface area contributed by atoms with Crippen LogP contribution in [0.15, 0.2) is 66.7 Å². The Morgan fingerprint density at radius 1 is 0.611 bits per heavy atom. The molecule has 0 radical (unpaired) electrons.